The Morgan fingerprint density at radius 3 is 1.41 bits per heavy atom. The van der Waals surface area contributed by atoms with Crippen LogP contribution in [-0.4, -0.2) is 25.2 Å². The van der Waals surface area contributed by atoms with Crippen LogP contribution in [0.5, 0.6) is 0 Å². The highest BCUT2D eigenvalue weighted by molar-refractivity contribution is 5.81. The van der Waals surface area contributed by atoms with Crippen LogP contribution in [0.4, 0.5) is 0 Å². The van der Waals surface area contributed by atoms with Crippen molar-refractivity contribution >= 4 is 11.9 Å². The second-order valence-corrected chi connectivity index (χ2v) is 4.26. The van der Waals surface area contributed by atoms with E-state index >= 15 is 0 Å². The number of carbonyl (C=O) groups is 2. The Morgan fingerprint density at radius 1 is 0.864 bits per heavy atom. The summed E-state index contributed by atoms with van der Waals surface area (Å²) in [6, 6.07) is 6.16. The van der Waals surface area contributed by atoms with Crippen molar-refractivity contribution in [2.24, 2.45) is 0 Å². The van der Waals surface area contributed by atoms with E-state index in [1.807, 2.05) is 0 Å². The van der Waals surface area contributed by atoms with Gasteiger partial charge in [-0.05, 0) is 11.1 Å². The summed E-state index contributed by atoms with van der Waals surface area (Å²) in [5.41, 5.74) is 0.960. The van der Waals surface area contributed by atoms with Crippen LogP contribution in [-0.2, 0) is 29.3 Å². The Hall–Kier alpha value is -2.44. The second kappa shape index (κ2) is 8.76. The fourth-order valence-corrected chi connectivity index (χ4v) is 1.70. The summed E-state index contributed by atoms with van der Waals surface area (Å²) in [5.74, 6) is -1.38. The highest BCUT2D eigenvalue weighted by atomic mass is 16.6. The predicted molar refractivity (Wildman–Crippen MR) is 75.6 cm³/mol. The van der Waals surface area contributed by atoms with E-state index in [0.717, 1.165) is 12.2 Å². The first-order valence-corrected chi connectivity index (χ1v) is 6.47. The molecule has 0 aliphatic rings. The zero-order valence-electron chi connectivity index (χ0n) is 11.9. The minimum Gasteiger partial charge on any atom is -0.452 e. The Bertz CT molecular complexity index is 485. The van der Waals surface area contributed by atoms with Gasteiger partial charge in [-0.15, -0.1) is 0 Å². The molecule has 1 aromatic carbocycles. The van der Waals surface area contributed by atoms with E-state index in [4.69, 9.17) is 9.47 Å². The molecule has 0 spiro atoms. The largest absolute Gasteiger partial charge is 0.452 e. The summed E-state index contributed by atoms with van der Waals surface area (Å²) in [7, 11) is 0. The number of hydrogen-bond donors (Lipinski definition) is 0. The maximum absolute atomic E-state index is 11.1. The Labute approximate surface area is 128 Å². The zero-order valence-corrected chi connectivity index (χ0v) is 11.9. The van der Waals surface area contributed by atoms with Gasteiger partial charge in [0.1, 0.15) is 13.2 Å². The van der Waals surface area contributed by atoms with Crippen molar-refractivity contribution in [3.05, 3.63) is 60.7 Å². The molecule has 0 fully saturated rings. The van der Waals surface area contributed by atoms with Crippen LogP contribution in [0.1, 0.15) is 23.3 Å². The minimum atomic E-state index is -0.944. The molecule has 0 N–H and O–H groups in total. The van der Waals surface area contributed by atoms with Gasteiger partial charge in [0.05, 0.1) is 0 Å². The molecule has 2 radical (unpaired) electrons. The molecule has 0 aliphatic heterocycles. The van der Waals surface area contributed by atoms with E-state index in [1.165, 1.54) is 0 Å². The lowest BCUT2D eigenvalue weighted by Crippen LogP contribution is -2.14. The van der Waals surface area contributed by atoms with Crippen molar-refractivity contribution in [2.45, 2.75) is 12.2 Å². The molecule has 0 saturated heterocycles. The number of esters is 2. The first-order valence-electron chi connectivity index (χ1n) is 6.47. The third-order valence-electron chi connectivity index (χ3n) is 2.83. The van der Waals surface area contributed by atoms with Crippen LogP contribution in [0.3, 0.4) is 0 Å². The monoisotopic (exact) mass is 304 g/mol. The van der Waals surface area contributed by atoms with Crippen molar-refractivity contribution in [3.8, 4) is 0 Å². The van der Waals surface area contributed by atoms with Gasteiger partial charge in [-0.1, -0.05) is 37.4 Å². The first-order chi connectivity index (χ1) is 10.5. The Balaban J connectivity index is 2.87. The van der Waals surface area contributed by atoms with Crippen LogP contribution in [0, 0.1) is 0 Å². The highest BCUT2D eigenvalue weighted by Crippen LogP contribution is 2.22. The summed E-state index contributed by atoms with van der Waals surface area (Å²) >= 11 is 0. The maximum Gasteiger partial charge on any atom is 0.330 e. The normalized spacial score (nSPS) is 12.8. The van der Waals surface area contributed by atoms with Gasteiger partial charge in [-0.25, -0.2) is 19.8 Å². The maximum atomic E-state index is 11.1. The van der Waals surface area contributed by atoms with Crippen LogP contribution >= 0.6 is 0 Å². The molecular formula is C16H16O6. The van der Waals surface area contributed by atoms with E-state index in [2.05, 4.69) is 13.2 Å². The molecule has 0 amide bonds. The molecule has 0 bridgehead atoms. The molecule has 22 heavy (non-hydrogen) atoms. The summed E-state index contributed by atoms with van der Waals surface area (Å²) in [6.45, 7) is 5.23. The summed E-state index contributed by atoms with van der Waals surface area (Å²) in [4.78, 5) is 22.3. The summed E-state index contributed by atoms with van der Waals surface area (Å²) in [6.07, 6.45) is 0.0558. The number of benzene rings is 1. The molecule has 0 heterocycles. The summed E-state index contributed by atoms with van der Waals surface area (Å²) in [5, 5.41) is 22.2. The molecule has 0 aromatic heterocycles. The fourth-order valence-electron chi connectivity index (χ4n) is 1.70. The van der Waals surface area contributed by atoms with Gasteiger partial charge in [-0.3, -0.25) is 0 Å². The molecule has 0 saturated carbocycles. The van der Waals surface area contributed by atoms with Gasteiger partial charge in [0.2, 0.25) is 0 Å². The van der Waals surface area contributed by atoms with Crippen molar-refractivity contribution < 1.29 is 29.3 Å². The third-order valence-corrected chi connectivity index (χ3v) is 2.83. The van der Waals surface area contributed by atoms with Gasteiger partial charge in [0, 0.05) is 12.2 Å². The van der Waals surface area contributed by atoms with Crippen LogP contribution in [0.15, 0.2) is 49.6 Å². The van der Waals surface area contributed by atoms with E-state index in [0.29, 0.717) is 11.1 Å². The fraction of sp³-hybridized carbons (Fsp3) is 0.250. The smallest absolute Gasteiger partial charge is 0.330 e. The number of hydrogen-bond acceptors (Lipinski definition) is 4. The molecule has 0 aliphatic carbocycles. The second-order valence-electron chi connectivity index (χ2n) is 4.26. The van der Waals surface area contributed by atoms with Crippen LogP contribution in [0.25, 0.3) is 0 Å². The standard InChI is InChI=1S/C16H16O6/c1-3-15(19)21-13(9-17)11-5-7-12(8-6-11)14(10-18)22-16(20)4-2/h3-8,13-14H,1-2,9-10H2. The third kappa shape index (κ3) is 4.83. The van der Waals surface area contributed by atoms with Crippen molar-refractivity contribution in [2.75, 3.05) is 13.2 Å². The Kier molecular flexibility index (Phi) is 7.01. The number of rotatable bonds is 8. The molecule has 116 valence electrons. The average Bonchev–Trinajstić information content (AvgIpc) is 2.57. The molecule has 6 nitrogen and oxygen atoms in total. The number of carbonyl (C=O) groups excluding carboxylic acids is 2. The topological polar surface area (TPSA) is 92.4 Å². The molecule has 2 atom stereocenters. The lowest BCUT2D eigenvalue weighted by molar-refractivity contribution is -0.147. The molecular weight excluding hydrogens is 288 g/mol. The van der Waals surface area contributed by atoms with Crippen molar-refractivity contribution in [1.29, 1.82) is 0 Å². The van der Waals surface area contributed by atoms with Gasteiger partial charge < -0.3 is 9.47 Å². The molecule has 1 aromatic rings. The summed E-state index contributed by atoms with van der Waals surface area (Å²) < 4.78 is 9.83. The zero-order chi connectivity index (χ0) is 16.5. The van der Waals surface area contributed by atoms with Crippen LogP contribution in [0.2, 0.25) is 0 Å². The van der Waals surface area contributed by atoms with Crippen molar-refractivity contribution in [1.82, 2.24) is 0 Å². The van der Waals surface area contributed by atoms with E-state index in [1.54, 1.807) is 24.3 Å². The molecule has 6 heteroatoms. The highest BCUT2D eigenvalue weighted by Gasteiger charge is 2.18. The lowest BCUT2D eigenvalue weighted by atomic mass is 10.0. The average molecular weight is 304 g/mol. The predicted octanol–water partition coefficient (Wildman–Crippen LogP) is 2.09. The van der Waals surface area contributed by atoms with Gasteiger partial charge in [0.25, 0.3) is 0 Å². The SMILES string of the molecule is C=CC(=O)OC(C[O])c1ccc(C(C[O])OC(=O)C=C)cc1. The quantitative estimate of drug-likeness (QED) is 0.543. The minimum absolute atomic E-state index is 0.480. The first kappa shape index (κ1) is 17.6. The Morgan fingerprint density at radius 2 is 1.18 bits per heavy atom. The van der Waals surface area contributed by atoms with E-state index in [-0.39, 0.29) is 0 Å². The molecule has 1 rings (SSSR count). The van der Waals surface area contributed by atoms with Gasteiger partial charge in [-0.2, -0.15) is 0 Å². The molecule has 2 unspecified atom stereocenters. The van der Waals surface area contributed by atoms with Gasteiger partial charge in [0.15, 0.2) is 12.2 Å². The van der Waals surface area contributed by atoms with Crippen molar-refractivity contribution in [3.63, 3.8) is 0 Å². The van der Waals surface area contributed by atoms with E-state index < -0.39 is 37.4 Å². The number of ether oxygens (including phenoxy) is 2. The van der Waals surface area contributed by atoms with Crippen LogP contribution < -0.4 is 0 Å². The lowest BCUT2D eigenvalue weighted by Gasteiger charge is -2.17. The van der Waals surface area contributed by atoms with Gasteiger partial charge >= 0.3 is 11.9 Å². The van der Waals surface area contributed by atoms with E-state index in [9.17, 15) is 19.8 Å².